The lowest BCUT2D eigenvalue weighted by atomic mass is 10.4. The summed E-state index contributed by atoms with van der Waals surface area (Å²) in [6.45, 7) is 2.00. The zero-order valence-electron chi connectivity index (χ0n) is 9.25. The van der Waals surface area contributed by atoms with Gasteiger partial charge in [-0.1, -0.05) is 23.2 Å². The second kappa shape index (κ2) is 9.57. The molecule has 18 heavy (non-hydrogen) atoms. The van der Waals surface area contributed by atoms with E-state index in [1.807, 2.05) is 6.79 Å². The van der Waals surface area contributed by atoms with Crippen LogP contribution in [0.1, 0.15) is 0 Å². The van der Waals surface area contributed by atoms with Crippen molar-refractivity contribution >= 4 is 30.0 Å². The minimum atomic E-state index is -0.255. The standard InChI is InChI=1S/2C6H4ClF.CH2O/c2*7-5-1-3-6(8)4-2-5;1-2/h2*1-4H;1H2. The molecular formula is C13H10Cl2F2O. The maximum Gasteiger partial charge on any atom is 0.123 e. The molecule has 0 aliphatic rings. The fourth-order valence-corrected chi connectivity index (χ4v) is 1.11. The molecule has 0 saturated carbocycles. The van der Waals surface area contributed by atoms with Gasteiger partial charge in [-0.3, -0.25) is 0 Å². The number of carbonyl (C=O) groups excluding carboxylic acids is 1. The van der Waals surface area contributed by atoms with Crippen molar-refractivity contribution in [2.24, 2.45) is 0 Å². The van der Waals surface area contributed by atoms with Crippen molar-refractivity contribution in [2.45, 2.75) is 0 Å². The molecule has 0 unspecified atom stereocenters. The summed E-state index contributed by atoms with van der Waals surface area (Å²) in [5.41, 5.74) is 0. The average molecular weight is 291 g/mol. The predicted molar refractivity (Wildman–Crippen MR) is 69.9 cm³/mol. The van der Waals surface area contributed by atoms with Crippen LogP contribution in [0.15, 0.2) is 48.5 Å². The first-order valence-electron chi connectivity index (χ1n) is 4.69. The first kappa shape index (κ1) is 16.6. The van der Waals surface area contributed by atoms with Gasteiger partial charge in [-0.05, 0) is 48.5 Å². The molecule has 0 aliphatic heterocycles. The van der Waals surface area contributed by atoms with E-state index >= 15 is 0 Å². The molecule has 0 spiro atoms. The minimum absolute atomic E-state index is 0.255. The Hall–Kier alpha value is -1.45. The van der Waals surface area contributed by atoms with Crippen LogP contribution in [-0.2, 0) is 4.79 Å². The first-order valence-corrected chi connectivity index (χ1v) is 5.44. The molecular weight excluding hydrogens is 281 g/mol. The summed E-state index contributed by atoms with van der Waals surface area (Å²) in [4.78, 5) is 8.00. The van der Waals surface area contributed by atoms with Gasteiger partial charge < -0.3 is 4.79 Å². The van der Waals surface area contributed by atoms with E-state index in [1.165, 1.54) is 48.5 Å². The lowest BCUT2D eigenvalue weighted by molar-refractivity contribution is -0.0979. The molecule has 0 fully saturated rings. The Bertz CT molecular complexity index is 358. The number of benzene rings is 2. The van der Waals surface area contributed by atoms with Gasteiger partial charge in [-0.15, -0.1) is 0 Å². The average Bonchev–Trinajstić information content (AvgIpc) is 2.40. The van der Waals surface area contributed by atoms with Crippen molar-refractivity contribution < 1.29 is 13.6 Å². The molecule has 0 bridgehead atoms. The van der Waals surface area contributed by atoms with Crippen molar-refractivity contribution in [3.05, 3.63) is 70.2 Å². The zero-order chi connectivity index (χ0) is 14.0. The van der Waals surface area contributed by atoms with Crippen LogP contribution in [0.4, 0.5) is 8.78 Å². The molecule has 0 radical (unpaired) electrons. The highest BCUT2D eigenvalue weighted by Gasteiger charge is 1.86. The van der Waals surface area contributed by atoms with Crippen LogP contribution in [0.3, 0.4) is 0 Å². The Balaban J connectivity index is 0.000000283. The van der Waals surface area contributed by atoms with E-state index in [2.05, 4.69) is 0 Å². The molecule has 2 rings (SSSR count). The molecule has 0 aliphatic carbocycles. The van der Waals surface area contributed by atoms with Crippen LogP contribution >= 0.6 is 23.2 Å². The molecule has 0 N–H and O–H groups in total. The van der Waals surface area contributed by atoms with Crippen LogP contribution in [0, 0.1) is 11.6 Å². The highest BCUT2D eigenvalue weighted by molar-refractivity contribution is 6.30. The lowest BCUT2D eigenvalue weighted by Gasteiger charge is -1.84. The van der Waals surface area contributed by atoms with Gasteiger partial charge in [0, 0.05) is 10.0 Å². The topological polar surface area (TPSA) is 17.1 Å². The zero-order valence-corrected chi connectivity index (χ0v) is 10.8. The molecule has 0 saturated heterocycles. The number of carbonyl (C=O) groups is 1. The molecule has 2 aromatic rings. The third-order valence-electron chi connectivity index (χ3n) is 1.61. The van der Waals surface area contributed by atoms with Crippen molar-refractivity contribution in [3.63, 3.8) is 0 Å². The number of hydrogen-bond acceptors (Lipinski definition) is 1. The van der Waals surface area contributed by atoms with Crippen molar-refractivity contribution in [1.82, 2.24) is 0 Å². The third-order valence-corrected chi connectivity index (χ3v) is 2.11. The van der Waals surface area contributed by atoms with Crippen molar-refractivity contribution in [1.29, 1.82) is 0 Å². The van der Waals surface area contributed by atoms with Crippen LogP contribution in [-0.4, -0.2) is 6.79 Å². The molecule has 0 aromatic heterocycles. The van der Waals surface area contributed by atoms with Gasteiger partial charge in [-0.25, -0.2) is 8.78 Å². The molecule has 96 valence electrons. The van der Waals surface area contributed by atoms with Gasteiger partial charge in [0.05, 0.1) is 0 Å². The number of hydrogen-bond donors (Lipinski definition) is 0. The summed E-state index contributed by atoms with van der Waals surface area (Å²) < 4.78 is 24.1. The molecule has 2 aromatic carbocycles. The Kier molecular flexibility index (Phi) is 8.80. The Morgan fingerprint density at radius 1 is 0.667 bits per heavy atom. The molecule has 0 amide bonds. The van der Waals surface area contributed by atoms with Crippen molar-refractivity contribution in [2.75, 3.05) is 0 Å². The SMILES string of the molecule is C=O.Fc1ccc(Cl)cc1.Fc1ccc(Cl)cc1. The quantitative estimate of drug-likeness (QED) is 0.683. The van der Waals surface area contributed by atoms with E-state index in [-0.39, 0.29) is 11.6 Å². The van der Waals surface area contributed by atoms with Crippen LogP contribution in [0.5, 0.6) is 0 Å². The van der Waals surface area contributed by atoms with Gasteiger partial charge in [-0.2, -0.15) is 0 Å². The van der Waals surface area contributed by atoms with E-state index in [0.717, 1.165) is 0 Å². The number of halogens is 4. The molecule has 5 heteroatoms. The van der Waals surface area contributed by atoms with E-state index in [0.29, 0.717) is 10.0 Å². The van der Waals surface area contributed by atoms with Crippen LogP contribution in [0.25, 0.3) is 0 Å². The van der Waals surface area contributed by atoms with Gasteiger partial charge in [0.25, 0.3) is 0 Å². The second-order valence-electron chi connectivity index (χ2n) is 2.87. The van der Waals surface area contributed by atoms with Crippen molar-refractivity contribution in [3.8, 4) is 0 Å². The second-order valence-corrected chi connectivity index (χ2v) is 3.75. The largest absolute Gasteiger partial charge is 0.307 e. The molecule has 0 atom stereocenters. The first-order chi connectivity index (χ1) is 8.58. The minimum Gasteiger partial charge on any atom is -0.307 e. The Morgan fingerprint density at radius 3 is 1.06 bits per heavy atom. The monoisotopic (exact) mass is 290 g/mol. The maximum absolute atomic E-state index is 12.0. The predicted octanol–water partition coefficient (Wildman–Crippen LogP) is 4.77. The summed E-state index contributed by atoms with van der Waals surface area (Å²) in [6.07, 6.45) is 0. The van der Waals surface area contributed by atoms with E-state index in [1.54, 1.807) is 0 Å². The fourth-order valence-electron chi connectivity index (χ4n) is 0.859. The normalized spacial score (nSPS) is 8.44. The van der Waals surface area contributed by atoms with E-state index in [4.69, 9.17) is 28.0 Å². The summed E-state index contributed by atoms with van der Waals surface area (Å²) >= 11 is 10.9. The summed E-state index contributed by atoms with van der Waals surface area (Å²) in [5, 5.41) is 1.12. The Morgan fingerprint density at radius 2 is 0.889 bits per heavy atom. The maximum atomic E-state index is 12.0. The smallest absolute Gasteiger partial charge is 0.123 e. The third kappa shape index (κ3) is 7.76. The molecule has 1 nitrogen and oxygen atoms in total. The van der Waals surface area contributed by atoms with Gasteiger partial charge in [0.2, 0.25) is 0 Å². The summed E-state index contributed by atoms with van der Waals surface area (Å²) in [7, 11) is 0. The van der Waals surface area contributed by atoms with Crippen LogP contribution < -0.4 is 0 Å². The summed E-state index contributed by atoms with van der Waals surface area (Å²) in [6, 6.07) is 11.3. The molecule has 0 heterocycles. The number of rotatable bonds is 0. The Labute approximate surface area is 114 Å². The fraction of sp³-hybridized carbons (Fsp3) is 0. The highest BCUT2D eigenvalue weighted by atomic mass is 35.5. The van der Waals surface area contributed by atoms with Gasteiger partial charge >= 0.3 is 0 Å². The van der Waals surface area contributed by atoms with Gasteiger partial charge in [0.15, 0.2) is 0 Å². The highest BCUT2D eigenvalue weighted by Crippen LogP contribution is 2.07. The van der Waals surface area contributed by atoms with E-state index in [9.17, 15) is 8.78 Å². The lowest BCUT2D eigenvalue weighted by Crippen LogP contribution is -1.67. The van der Waals surface area contributed by atoms with Crippen LogP contribution in [0.2, 0.25) is 10.0 Å². The van der Waals surface area contributed by atoms with Gasteiger partial charge in [0.1, 0.15) is 18.4 Å². The summed E-state index contributed by atoms with van der Waals surface area (Å²) in [5.74, 6) is -0.510. The van der Waals surface area contributed by atoms with E-state index < -0.39 is 0 Å².